The van der Waals surface area contributed by atoms with E-state index < -0.39 is 10.0 Å². The molecule has 0 saturated carbocycles. The summed E-state index contributed by atoms with van der Waals surface area (Å²) < 4.78 is 29.8. The van der Waals surface area contributed by atoms with Crippen LogP contribution >= 0.6 is 23.6 Å². The third-order valence-electron chi connectivity index (χ3n) is 4.04. The second kappa shape index (κ2) is 7.25. The number of sulfonamides is 1. The van der Waals surface area contributed by atoms with Crippen LogP contribution in [0, 0.1) is 15.3 Å². The molecule has 11 heteroatoms. The van der Waals surface area contributed by atoms with E-state index in [0.717, 1.165) is 11.3 Å². The van der Waals surface area contributed by atoms with E-state index in [9.17, 15) is 8.42 Å². The van der Waals surface area contributed by atoms with Gasteiger partial charge in [0.05, 0.1) is 22.1 Å². The highest BCUT2D eigenvalue weighted by molar-refractivity contribution is 7.92. The van der Waals surface area contributed by atoms with Gasteiger partial charge in [-0.05, 0) is 48.6 Å². The monoisotopic (exact) mass is 440 g/mol. The molecule has 0 fully saturated rings. The van der Waals surface area contributed by atoms with Crippen molar-refractivity contribution in [2.24, 2.45) is 0 Å². The molecule has 2 heterocycles. The summed E-state index contributed by atoms with van der Waals surface area (Å²) in [5.74, 6) is 0.346. The fourth-order valence-electron chi connectivity index (χ4n) is 2.69. The van der Waals surface area contributed by atoms with Gasteiger partial charge in [0.15, 0.2) is 9.77 Å². The smallest absolute Gasteiger partial charge is 0.263 e. The van der Waals surface area contributed by atoms with Gasteiger partial charge < -0.3 is 5.73 Å². The number of nitriles is 1. The zero-order chi connectivity index (χ0) is 20.6. The second-order valence-corrected chi connectivity index (χ2v) is 9.20. The van der Waals surface area contributed by atoms with E-state index in [1.165, 1.54) is 22.9 Å². The second-order valence-electron chi connectivity index (χ2n) is 5.87. The van der Waals surface area contributed by atoms with Gasteiger partial charge in [-0.1, -0.05) is 23.5 Å². The molecule has 0 aliphatic carbocycles. The van der Waals surface area contributed by atoms with E-state index >= 15 is 0 Å². The number of benzene rings is 2. The quantitative estimate of drug-likeness (QED) is 0.465. The molecule has 0 unspecified atom stereocenters. The van der Waals surface area contributed by atoms with Crippen LogP contribution < -0.4 is 10.5 Å². The van der Waals surface area contributed by atoms with Gasteiger partial charge in [-0.2, -0.15) is 5.26 Å². The van der Waals surface area contributed by atoms with Gasteiger partial charge >= 0.3 is 0 Å². The molecule has 29 heavy (non-hydrogen) atoms. The lowest BCUT2D eigenvalue weighted by Gasteiger charge is -2.10. The standard InChI is InChI=1S/C18H12N6O2S3/c19-9-15-17(20)24(18(27)28-15)11-5-7-12(8-6-11)29(25,26)23-16-10-21-13-3-1-2-4-14(13)22-16/h1-8,10H,20H2,(H,22,23). The van der Waals surface area contributed by atoms with Crippen LogP contribution in [0.15, 0.2) is 59.6 Å². The Hall–Kier alpha value is -3.33. The van der Waals surface area contributed by atoms with Crippen LogP contribution in [0.1, 0.15) is 4.88 Å². The number of para-hydroxylation sites is 2. The third kappa shape index (κ3) is 3.56. The van der Waals surface area contributed by atoms with E-state index in [0.29, 0.717) is 25.6 Å². The number of hydrogen-bond acceptors (Lipinski definition) is 8. The molecular weight excluding hydrogens is 428 g/mol. The normalized spacial score (nSPS) is 11.3. The average molecular weight is 441 g/mol. The lowest BCUT2D eigenvalue weighted by Crippen LogP contribution is -2.14. The van der Waals surface area contributed by atoms with Crippen molar-refractivity contribution in [3.05, 3.63) is 63.6 Å². The summed E-state index contributed by atoms with van der Waals surface area (Å²) in [5.41, 5.74) is 7.77. The van der Waals surface area contributed by atoms with Gasteiger partial charge in [0.2, 0.25) is 0 Å². The van der Waals surface area contributed by atoms with Crippen molar-refractivity contribution in [1.82, 2.24) is 14.5 Å². The zero-order valence-corrected chi connectivity index (χ0v) is 17.1. The number of anilines is 2. The Kier molecular flexibility index (Phi) is 4.75. The molecule has 4 aromatic rings. The van der Waals surface area contributed by atoms with E-state index in [2.05, 4.69) is 14.7 Å². The number of thiazole rings is 1. The molecule has 0 amide bonds. The number of fused-ring (bicyclic) bond motifs is 1. The predicted molar refractivity (Wildman–Crippen MR) is 114 cm³/mol. The van der Waals surface area contributed by atoms with Gasteiger partial charge in [-0.15, -0.1) is 0 Å². The number of hydrogen-bond donors (Lipinski definition) is 2. The lowest BCUT2D eigenvalue weighted by molar-refractivity contribution is 0.601. The fraction of sp³-hybridized carbons (Fsp3) is 0. The summed E-state index contributed by atoms with van der Waals surface area (Å²) >= 11 is 6.34. The fourth-order valence-corrected chi connectivity index (χ4v) is 4.84. The molecule has 2 aromatic heterocycles. The predicted octanol–water partition coefficient (Wildman–Crippen LogP) is 3.47. The van der Waals surface area contributed by atoms with Gasteiger partial charge in [0.25, 0.3) is 10.0 Å². The summed E-state index contributed by atoms with van der Waals surface area (Å²) in [4.78, 5) is 8.82. The Labute approximate surface area is 175 Å². The van der Waals surface area contributed by atoms with Crippen LogP contribution in [-0.2, 0) is 10.0 Å². The first-order valence-electron chi connectivity index (χ1n) is 8.15. The van der Waals surface area contributed by atoms with Crippen LogP contribution in [0.4, 0.5) is 11.6 Å². The van der Waals surface area contributed by atoms with Crippen LogP contribution in [0.5, 0.6) is 0 Å². The Morgan fingerprint density at radius 2 is 1.83 bits per heavy atom. The summed E-state index contributed by atoms with van der Waals surface area (Å²) in [6, 6.07) is 15.2. The number of rotatable bonds is 4. The molecule has 0 spiro atoms. The number of nitrogens with one attached hydrogen (secondary N) is 1. The van der Waals surface area contributed by atoms with E-state index in [-0.39, 0.29) is 16.5 Å². The third-order valence-corrected chi connectivity index (χ3v) is 6.70. The maximum Gasteiger partial charge on any atom is 0.263 e. The molecule has 0 atom stereocenters. The highest BCUT2D eigenvalue weighted by Gasteiger charge is 2.17. The summed E-state index contributed by atoms with van der Waals surface area (Å²) in [6.45, 7) is 0. The van der Waals surface area contributed by atoms with Crippen molar-refractivity contribution >= 4 is 56.2 Å². The van der Waals surface area contributed by atoms with Crippen LogP contribution in [0.25, 0.3) is 16.7 Å². The molecule has 8 nitrogen and oxygen atoms in total. The van der Waals surface area contributed by atoms with Crippen molar-refractivity contribution in [1.29, 1.82) is 5.26 Å². The Bertz CT molecular complexity index is 1430. The largest absolute Gasteiger partial charge is 0.383 e. The van der Waals surface area contributed by atoms with Gasteiger partial charge in [-0.25, -0.2) is 13.4 Å². The first-order chi connectivity index (χ1) is 13.9. The highest BCUT2D eigenvalue weighted by Crippen LogP contribution is 2.26. The van der Waals surface area contributed by atoms with Crippen molar-refractivity contribution in [3.8, 4) is 11.8 Å². The minimum Gasteiger partial charge on any atom is -0.383 e. The molecule has 3 N–H and O–H groups in total. The summed E-state index contributed by atoms with van der Waals surface area (Å²) in [7, 11) is -3.87. The Balaban J connectivity index is 1.65. The topological polar surface area (TPSA) is 127 Å². The van der Waals surface area contributed by atoms with Crippen LogP contribution in [0.2, 0.25) is 0 Å². The summed E-state index contributed by atoms with van der Waals surface area (Å²) in [5, 5.41) is 9.08. The van der Waals surface area contributed by atoms with E-state index in [1.807, 2.05) is 12.1 Å². The molecule has 2 aromatic carbocycles. The maximum absolute atomic E-state index is 12.7. The number of aromatic nitrogens is 3. The van der Waals surface area contributed by atoms with Gasteiger partial charge in [-0.3, -0.25) is 14.3 Å². The van der Waals surface area contributed by atoms with Crippen LogP contribution in [-0.4, -0.2) is 23.0 Å². The zero-order valence-electron chi connectivity index (χ0n) is 14.6. The molecule has 0 bridgehead atoms. The summed E-state index contributed by atoms with van der Waals surface area (Å²) in [6.07, 6.45) is 1.36. The first kappa shape index (κ1) is 19.0. The van der Waals surface area contributed by atoms with Crippen LogP contribution in [0.3, 0.4) is 0 Å². The number of nitrogens with two attached hydrogens (primary N) is 1. The molecule has 0 radical (unpaired) electrons. The average Bonchev–Trinajstić information content (AvgIpc) is 3.01. The minimum atomic E-state index is -3.87. The number of nitrogens with zero attached hydrogens (tertiary/aromatic N) is 4. The highest BCUT2D eigenvalue weighted by atomic mass is 32.2. The molecular formula is C18H12N6O2S3. The SMILES string of the molecule is N#Cc1sc(=S)n(-c2ccc(S(=O)(=O)Nc3cnc4ccccc4n3)cc2)c1N. The minimum absolute atomic E-state index is 0.0389. The Morgan fingerprint density at radius 3 is 2.48 bits per heavy atom. The lowest BCUT2D eigenvalue weighted by atomic mass is 10.3. The van der Waals surface area contributed by atoms with Crippen molar-refractivity contribution in [2.45, 2.75) is 4.90 Å². The molecule has 0 saturated heterocycles. The van der Waals surface area contributed by atoms with Crippen molar-refractivity contribution in [2.75, 3.05) is 10.5 Å². The van der Waals surface area contributed by atoms with Gasteiger partial charge in [0.1, 0.15) is 16.8 Å². The number of nitrogen functional groups attached to an aromatic ring is 1. The molecule has 4 rings (SSSR count). The molecule has 0 aliphatic rings. The van der Waals surface area contributed by atoms with Crippen molar-refractivity contribution in [3.63, 3.8) is 0 Å². The maximum atomic E-state index is 12.7. The van der Waals surface area contributed by atoms with E-state index in [4.69, 9.17) is 23.2 Å². The Morgan fingerprint density at radius 1 is 1.14 bits per heavy atom. The van der Waals surface area contributed by atoms with Crippen molar-refractivity contribution < 1.29 is 8.42 Å². The molecule has 144 valence electrons. The van der Waals surface area contributed by atoms with E-state index in [1.54, 1.807) is 30.3 Å². The van der Waals surface area contributed by atoms with Gasteiger partial charge in [0, 0.05) is 5.69 Å². The first-order valence-corrected chi connectivity index (χ1v) is 10.9. The molecule has 0 aliphatic heterocycles.